The summed E-state index contributed by atoms with van der Waals surface area (Å²) in [6, 6.07) is 8.22. The fourth-order valence-corrected chi connectivity index (χ4v) is 1.20. The normalized spacial score (nSPS) is 8.88. The number of benzene rings is 1. The zero-order chi connectivity index (χ0) is 12.8. The van der Waals surface area contributed by atoms with Crippen LogP contribution >= 0.6 is 0 Å². The molecule has 1 heteroatoms. The molecule has 1 aromatic rings. The lowest BCUT2D eigenvalue weighted by atomic mass is 10.1. The van der Waals surface area contributed by atoms with Crippen molar-refractivity contribution in [1.82, 2.24) is 0 Å². The van der Waals surface area contributed by atoms with E-state index < -0.39 is 0 Å². The van der Waals surface area contributed by atoms with Gasteiger partial charge < -0.3 is 5.11 Å². The number of aryl methyl sites for hydroxylation is 1. The van der Waals surface area contributed by atoms with Crippen LogP contribution in [0.15, 0.2) is 30.3 Å². The SMILES string of the molecule is CC.CC.CCc1ccccc1/C=C/CO. The lowest BCUT2D eigenvalue weighted by molar-refractivity contribution is 0.343. The van der Waals surface area contributed by atoms with E-state index in [1.54, 1.807) is 6.08 Å². The second-order valence-electron chi connectivity index (χ2n) is 2.64. The van der Waals surface area contributed by atoms with Crippen LogP contribution in [0.2, 0.25) is 0 Å². The van der Waals surface area contributed by atoms with Crippen LogP contribution in [0.25, 0.3) is 6.08 Å². The molecule has 1 N–H and O–H groups in total. The summed E-state index contributed by atoms with van der Waals surface area (Å²) in [5, 5.41) is 8.60. The molecule has 1 aromatic carbocycles. The van der Waals surface area contributed by atoms with Gasteiger partial charge in [-0.3, -0.25) is 0 Å². The van der Waals surface area contributed by atoms with Crippen LogP contribution in [0.1, 0.15) is 45.7 Å². The molecule has 0 saturated heterocycles. The molecule has 0 aliphatic carbocycles. The average Bonchev–Trinajstić information content (AvgIpc) is 2.41. The Morgan fingerprint density at radius 3 is 2.12 bits per heavy atom. The van der Waals surface area contributed by atoms with Crippen molar-refractivity contribution in [2.45, 2.75) is 41.0 Å². The number of aliphatic hydroxyl groups excluding tert-OH is 1. The Morgan fingerprint density at radius 1 is 1.06 bits per heavy atom. The average molecular weight is 222 g/mol. The van der Waals surface area contributed by atoms with Crippen molar-refractivity contribution in [3.05, 3.63) is 41.5 Å². The second kappa shape index (κ2) is 13.9. The van der Waals surface area contributed by atoms with E-state index in [2.05, 4.69) is 19.1 Å². The summed E-state index contributed by atoms with van der Waals surface area (Å²) in [5.74, 6) is 0. The second-order valence-corrected chi connectivity index (χ2v) is 2.64. The predicted molar refractivity (Wildman–Crippen MR) is 74.6 cm³/mol. The molecule has 0 aliphatic heterocycles. The minimum atomic E-state index is 0.109. The molecule has 0 heterocycles. The molecule has 1 nitrogen and oxygen atoms in total. The van der Waals surface area contributed by atoms with Crippen molar-refractivity contribution in [2.24, 2.45) is 0 Å². The van der Waals surface area contributed by atoms with Gasteiger partial charge in [-0.15, -0.1) is 0 Å². The summed E-state index contributed by atoms with van der Waals surface area (Å²) in [6.45, 7) is 10.2. The van der Waals surface area contributed by atoms with E-state index in [9.17, 15) is 0 Å². The molecule has 0 bridgehead atoms. The van der Waals surface area contributed by atoms with Crippen LogP contribution in [-0.2, 0) is 6.42 Å². The van der Waals surface area contributed by atoms with Gasteiger partial charge in [0, 0.05) is 0 Å². The molecule has 0 aliphatic rings. The molecule has 0 unspecified atom stereocenters. The fraction of sp³-hybridized carbons (Fsp3) is 0.467. The van der Waals surface area contributed by atoms with Crippen LogP contribution in [0.5, 0.6) is 0 Å². The first kappa shape index (κ1) is 17.3. The van der Waals surface area contributed by atoms with Crippen LogP contribution in [0.3, 0.4) is 0 Å². The number of hydrogen-bond donors (Lipinski definition) is 1. The third-order valence-electron chi connectivity index (χ3n) is 1.84. The van der Waals surface area contributed by atoms with Gasteiger partial charge >= 0.3 is 0 Å². The highest BCUT2D eigenvalue weighted by atomic mass is 16.2. The summed E-state index contributed by atoms with van der Waals surface area (Å²) >= 11 is 0. The zero-order valence-electron chi connectivity index (χ0n) is 11.3. The highest BCUT2D eigenvalue weighted by Crippen LogP contribution is 2.10. The van der Waals surface area contributed by atoms with E-state index in [-0.39, 0.29) is 6.61 Å². The standard InChI is InChI=1S/C11H14O.2C2H6/c1-2-10-6-3-4-7-11(10)8-5-9-12;2*1-2/h3-8,12H,2,9H2,1H3;2*1-2H3/b8-5+;;. The molecule has 0 radical (unpaired) electrons. The number of hydrogen-bond acceptors (Lipinski definition) is 1. The van der Waals surface area contributed by atoms with E-state index in [0.29, 0.717) is 0 Å². The highest BCUT2D eigenvalue weighted by Gasteiger charge is 1.93. The molecule has 0 atom stereocenters. The summed E-state index contributed by atoms with van der Waals surface area (Å²) in [6.07, 6.45) is 4.75. The van der Waals surface area contributed by atoms with E-state index in [4.69, 9.17) is 5.11 Å². The summed E-state index contributed by atoms with van der Waals surface area (Å²) in [4.78, 5) is 0. The first-order valence-electron chi connectivity index (χ1n) is 6.23. The summed E-state index contributed by atoms with van der Waals surface area (Å²) in [5.41, 5.74) is 2.52. The maximum absolute atomic E-state index is 8.60. The van der Waals surface area contributed by atoms with Crippen molar-refractivity contribution < 1.29 is 5.11 Å². The van der Waals surface area contributed by atoms with Gasteiger partial charge in [0.15, 0.2) is 0 Å². The summed E-state index contributed by atoms with van der Waals surface area (Å²) < 4.78 is 0. The Balaban J connectivity index is 0. The molecule has 0 aromatic heterocycles. The molecule has 1 rings (SSSR count). The van der Waals surface area contributed by atoms with Crippen molar-refractivity contribution in [1.29, 1.82) is 0 Å². The maximum atomic E-state index is 8.60. The van der Waals surface area contributed by atoms with Crippen LogP contribution < -0.4 is 0 Å². The Kier molecular flexibility index (Phi) is 15.1. The van der Waals surface area contributed by atoms with Crippen molar-refractivity contribution >= 4 is 6.08 Å². The molecule has 0 saturated carbocycles. The minimum absolute atomic E-state index is 0.109. The summed E-state index contributed by atoms with van der Waals surface area (Å²) in [7, 11) is 0. The van der Waals surface area contributed by atoms with Crippen LogP contribution in [0.4, 0.5) is 0 Å². The quantitative estimate of drug-likeness (QED) is 0.808. The minimum Gasteiger partial charge on any atom is -0.392 e. The number of rotatable bonds is 3. The van der Waals surface area contributed by atoms with E-state index in [1.807, 2.05) is 45.9 Å². The molecule has 16 heavy (non-hydrogen) atoms. The van der Waals surface area contributed by atoms with Crippen molar-refractivity contribution in [3.63, 3.8) is 0 Å². The van der Waals surface area contributed by atoms with Gasteiger partial charge in [-0.2, -0.15) is 0 Å². The Labute approximate surface area is 101 Å². The maximum Gasteiger partial charge on any atom is 0.0615 e. The smallest absolute Gasteiger partial charge is 0.0615 e. The lowest BCUT2D eigenvalue weighted by Gasteiger charge is -2.00. The Morgan fingerprint density at radius 2 is 1.62 bits per heavy atom. The Bertz CT molecular complexity index is 264. The first-order valence-corrected chi connectivity index (χ1v) is 6.23. The van der Waals surface area contributed by atoms with Crippen molar-refractivity contribution in [2.75, 3.05) is 6.61 Å². The molecule has 0 amide bonds. The van der Waals surface area contributed by atoms with Gasteiger partial charge in [-0.25, -0.2) is 0 Å². The monoisotopic (exact) mass is 222 g/mol. The molecular formula is C15H26O. The van der Waals surface area contributed by atoms with Gasteiger partial charge in [0.25, 0.3) is 0 Å². The molecular weight excluding hydrogens is 196 g/mol. The Hall–Kier alpha value is -1.08. The van der Waals surface area contributed by atoms with Crippen LogP contribution in [-0.4, -0.2) is 11.7 Å². The van der Waals surface area contributed by atoms with Gasteiger partial charge in [0.1, 0.15) is 0 Å². The topological polar surface area (TPSA) is 20.2 Å². The largest absolute Gasteiger partial charge is 0.392 e. The first-order chi connectivity index (χ1) is 7.88. The zero-order valence-corrected chi connectivity index (χ0v) is 11.3. The highest BCUT2D eigenvalue weighted by molar-refractivity contribution is 5.53. The molecule has 0 fully saturated rings. The van der Waals surface area contributed by atoms with Crippen LogP contribution in [0, 0.1) is 0 Å². The van der Waals surface area contributed by atoms with E-state index >= 15 is 0 Å². The van der Waals surface area contributed by atoms with Crippen molar-refractivity contribution in [3.8, 4) is 0 Å². The predicted octanol–water partition coefficient (Wildman–Crippen LogP) is 4.31. The third-order valence-corrected chi connectivity index (χ3v) is 1.84. The van der Waals surface area contributed by atoms with Gasteiger partial charge in [-0.05, 0) is 17.5 Å². The molecule has 92 valence electrons. The van der Waals surface area contributed by atoms with Gasteiger partial charge in [0.2, 0.25) is 0 Å². The molecule has 0 spiro atoms. The third kappa shape index (κ3) is 7.24. The van der Waals surface area contributed by atoms with Gasteiger partial charge in [0.05, 0.1) is 6.61 Å². The van der Waals surface area contributed by atoms with Gasteiger partial charge in [-0.1, -0.05) is 71.0 Å². The number of aliphatic hydroxyl groups is 1. The van der Waals surface area contributed by atoms with E-state index in [0.717, 1.165) is 6.42 Å². The van der Waals surface area contributed by atoms with E-state index in [1.165, 1.54) is 11.1 Å². The lowest BCUT2D eigenvalue weighted by Crippen LogP contribution is -1.84. The fourth-order valence-electron chi connectivity index (χ4n) is 1.20.